The summed E-state index contributed by atoms with van der Waals surface area (Å²) in [6.45, 7) is 0. The van der Waals surface area contributed by atoms with E-state index in [9.17, 15) is 0 Å². The molecule has 0 unspecified atom stereocenters. The maximum atomic E-state index is 6.84. The van der Waals surface area contributed by atoms with Crippen molar-refractivity contribution < 1.29 is 4.42 Å². The van der Waals surface area contributed by atoms with Crippen molar-refractivity contribution in [3.8, 4) is 39.9 Å². The van der Waals surface area contributed by atoms with Gasteiger partial charge in [-0.05, 0) is 40.6 Å². The van der Waals surface area contributed by atoms with Gasteiger partial charge in [0.05, 0.1) is 16.6 Å². The van der Waals surface area contributed by atoms with Crippen LogP contribution in [0.3, 0.4) is 0 Å². The Balaban J connectivity index is 1.27. The molecule has 0 N–H and O–H groups in total. The molecule has 5 nitrogen and oxygen atoms in total. The first-order valence-corrected chi connectivity index (χ1v) is 17.1. The molecule has 10 radical (unpaired) electrons. The molecule has 10 rings (SSSR count). The minimum atomic E-state index is 0.104. The number of rotatable bonds is 4. The fourth-order valence-electron chi connectivity index (χ4n) is 7.51. The van der Waals surface area contributed by atoms with Crippen LogP contribution in [-0.2, 0) is 0 Å². The number of hydrogen-bond acceptors (Lipinski definition) is 4. The van der Waals surface area contributed by atoms with Crippen molar-refractivity contribution in [3.63, 3.8) is 0 Å². The van der Waals surface area contributed by atoms with Crippen LogP contribution in [0.15, 0.2) is 132 Å². The van der Waals surface area contributed by atoms with Crippen molar-refractivity contribution >= 4 is 121 Å². The number of fused-ring (bicyclic) bond motifs is 7. The van der Waals surface area contributed by atoms with Crippen molar-refractivity contribution in [2.75, 3.05) is 0 Å². The lowest BCUT2D eigenvalue weighted by Crippen LogP contribution is -2.55. The minimum Gasteiger partial charge on any atom is -0.455 e. The highest BCUT2D eigenvalue weighted by molar-refractivity contribution is 6.68. The maximum Gasteiger partial charge on any atom is 0.238 e. The average molecular weight is 664 g/mol. The van der Waals surface area contributed by atoms with Gasteiger partial charge >= 0.3 is 0 Å². The van der Waals surface area contributed by atoms with Crippen LogP contribution < -0.4 is 27.3 Å². The van der Waals surface area contributed by atoms with E-state index in [1.807, 2.05) is 71.3 Å². The molecule has 0 aliphatic rings. The molecule has 0 saturated carbocycles. The Hall–Kier alpha value is -6.27. The minimum absolute atomic E-state index is 0.104. The van der Waals surface area contributed by atoms with Crippen molar-refractivity contribution in [2.24, 2.45) is 0 Å². The predicted octanol–water partition coefficient (Wildman–Crippen LogP) is 4.99. The van der Waals surface area contributed by atoms with Gasteiger partial charge < -0.3 is 4.42 Å². The van der Waals surface area contributed by atoms with Gasteiger partial charge in [0.15, 0.2) is 11.6 Å². The van der Waals surface area contributed by atoms with Gasteiger partial charge in [0.1, 0.15) is 50.4 Å². The number of furan rings is 1. The third kappa shape index (κ3) is 4.75. The molecule has 234 valence electrons. The second kappa shape index (κ2) is 11.9. The highest BCUT2D eigenvalue weighted by Gasteiger charge is 2.23. The molecule has 7 aromatic carbocycles. The van der Waals surface area contributed by atoms with Crippen LogP contribution in [0.5, 0.6) is 0 Å². The summed E-state index contributed by atoms with van der Waals surface area (Å²) in [4.78, 5) is 15.2. The molecule has 3 aromatic heterocycles. The quantitative estimate of drug-likeness (QED) is 0.249. The van der Waals surface area contributed by atoms with Crippen LogP contribution >= 0.6 is 0 Å². The molecule has 10 aromatic rings. The molecule has 0 spiro atoms. The molecule has 53 heavy (non-hydrogen) atoms. The zero-order valence-electron chi connectivity index (χ0n) is 28.2. The van der Waals surface area contributed by atoms with Crippen LogP contribution in [0.1, 0.15) is 0 Å². The first-order chi connectivity index (χ1) is 25.9. The molecule has 10 heteroatoms. The molecular weight excluding hydrogens is 643 g/mol. The molecule has 3 heterocycles. The van der Waals surface area contributed by atoms with Gasteiger partial charge in [-0.25, -0.2) is 4.98 Å². The summed E-state index contributed by atoms with van der Waals surface area (Å²) in [5.41, 5.74) is 6.73. The second-order valence-electron chi connectivity index (χ2n) is 13.1. The summed E-state index contributed by atoms with van der Waals surface area (Å²) in [7, 11) is 32.1. The number of benzene rings is 7. The molecule has 0 atom stereocenters. The molecule has 0 aliphatic heterocycles. The number of para-hydroxylation sites is 4. The Morgan fingerprint density at radius 2 is 0.962 bits per heavy atom. The van der Waals surface area contributed by atoms with E-state index in [2.05, 4.69) is 60.7 Å². The predicted molar refractivity (Wildman–Crippen MR) is 222 cm³/mol. The van der Waals surface area contributed by atoms with E-state index in [1.54, 1.807) is 0 Å². The maximum absolute atomic E-state index is 6.84. The lowest BCUT2D eigenvalue weighted by atomic mass is 9.60. The van der Waals surface area contributed by atoms with E-state index in [4.69, 9.17) is 58.6 Å². The Morgan fingerprint density at radius 1 is 0.434 bits per heavy atom. The van der Waals surface area contributed by atoms with Crippen LogP contribution in [0, 0.1) is 0 Å². The van der Waals surface area contributed by atoms with Gasteiger partial charge in [-0.1, -0.05) is 114 Å². The molecule has 0 bridgehead atoms. The summed E-state index contributed by atoms with van der Waals surface area (Å²) >= 11 is 0. The zero-order valence-corrected chi connectivity index (χ0v) is 28.2. The third-order valence-electron chi connectivity index (χ3n) is 10.2. The molecule has 0 amide bonds. The topological polar surface area (TPSA) is 56.7 Å². The molecule has 0 fully saturated rings. The van der Waals surface area contributed by atoms with Gasteiger partial charge in [-0.3, -0.25) is 4.57 Å². The SMILES string of the molecule is [B]c1c([B])c([B])c(-c2nc(-c3cccc4c3oc3c(-c5ccc6ccccc6c5)cccc34)nc(-n3c4ccccc4c4ccccc43)n2)c([B])c1[B]. The number of aromatic nitrogens is 4. The van der Waals surface area contributed by atoms with Crippen LogP contribution in [-0.4, -0.2) is 58.8 Å². The highest BCUT2D eigenvalue weighted by atomic mass is 16.3. The lowest BCUT2D eigenvalue weighted by molar-refractivity contribution is 0.670. The first-order valence-electron chi connectivity index (χ1n) is 17.1. The molecular formula is C43H21B5N4O. The van der Waals surface area contributed by atoms with Crippen LogP contribution in [0.2, 0.25) is 0 Å². The Labute approximate surface area is 311 Å². The average Bonchev–Trinajstić information content (AvgIpc) is 3.75. The van der Waals surface area contributed by atoms with Crippen molar-refractivity contribution in [3.05, 3.63) is 127 Å². The standard InChI is InChI=1S/C43H21B5N4O/c44-34-33(35(45)37(47)38(48)36(34)46)42-49-41(50-43(51-42)52-31-17-5-3-11-26(31)27-12-4-6-18-32(27)52)30-16-8-15-29-28-14-7-13-25(39(28)53-40(29)30)24-20-19-22-9-1-2-10-23(22)21-24/h1-21H. The Kier molecular flexibility index (Phi) is 7.06. The highest BCUT2D eigenvalue weighted by Crippen LogP contribution is 2.40. The monoisotopic (exact) mass is 664 g/mol. The number of hydrogen-bond donors (Lipinski definition) is 0. The van der Waals surface area contributed by atoms with E-state index >= 15 is 0 Å². The molecule has 0 saturated heterocycles. The van der Waals surface area contributed by atoms with Crippen molar-refractivity contribution in [1.29, 1.82) is 0 Å². The van der Waals surface area contributed by atoms with Gasteiger partial charge in [0.2, 0.25) is 5.95 Å². The fraction of sp³-hybridized carbons (Fsp3) is 0. The summed E-state index contributed by atoms with van der Waals surface area (Å²) in [5.74, 6) is 0.877. The fourth-order valence-corrected chi connectivity index (χ4v) is 7.51. The summed E-state index contributed by atoms with van der Waals surface area (Å²) in [6, 6.07) is 43.2. The summed E-state index contributed by atoms with van der Waals surface area (Å²) in [6.07, 6.45) is 0. The largest absolute Gasteiger partial charge is 0.455 e. The van der Waals surface area contributed by atoms with Crippen molar-refractivity contribution in [1.82, 2.24) is 19.5 Å². The van der Waals surface area contributed by atoms with E-state index in [1.165, 1.54) is 5.39 Å². The lowest BCUT2D eigenvalue weighted by Gasteiger charge is -2.21. The summed E-state index contributed by atoms with van der Waals surface area (Å²) in [5, 5.41) is 6.31. The van der Waals surface area contributed by atoms with Gasteiger partial charge in [-0.2, -0.15) is 9.97 Å². The number of nitrogens with zero attached hydrogens (tertiary/aromatic N) is 4. The third-order valence-corrected chi connectivity index (χ3v) is 10.2. The van der Waals surface area contributed by atoms with E-state index < -0.39 is 0 Å². The normalized spacial score (nSPS) is 11.8. The first kappa shape index (κ1) is 31.5. The van der Waals surface area contributed by atoms with E-state index in [0.717, 1.165) is 54.7 Å². The van der Waals surface area contributed by atoms with Gasteiger partial charge in [0, 0.05) is 32.7 Å². The Morgan fingerprint density at radius 3 is 1.64 bits per heavy atom. The van der Waals surface area contributed by atoms with Crippen molar-refractivity contribution in [2.45, 2.75) is 0 Å². The van der Waals surface area contributed by atoms with E-state index in [-0.39, 0.29) is 38.7 Å². The Bertz CT molecular complexity index is 3070. The van der Waals surface area contributed by atoms with E-state index in [0.29, 0.717) is 22.9 Å². The molecule has 0 aliphatic carbocycles. The summed E-state index contributed by atoms with van der Waals surface area (Å²) < 4.78 is 8.85. The van der Waals surface area contributed by atoms with Crippen LogP contribution in [0.25, 0.3) is 94.4 Å². The zero-order chi connectivity index (χ0) is 36.0. The van der Waals surface area contributed by atoms with Crippen LogP contribution in [0.4, 0.5) is 0 Å². The smallest absolute Gasteiger partial charge is 0.238 e. The second-order valence-corrected chi connectivity index (χ2v) is 13.1. The van der Waals surface area contributed by atoms with Gasteiger partial charge in [-0.15, -0.1) is 16.4 Å². The van der Waals surface area contributed by atoms with Gasteiger partial charge in [0.25, 0.3) is 0 Å².